The SMILES string of the molecule is Cc1ccc(NC(=O)c2nc(S(C)(=O)=O)ncc2N(Cc2ccccc2)Cc2ccco2)cc1. The maximum atomic E-state index is 13.3. The molecule has 174 valence electrons. The lowest BCUT2D eigenvalue weighted by Gasteiger charge is -2.25. The molecule has 2 aromatic heterocycles. The van der Waals surface area contributed by atoms with E-state index in [0.29, 0.717) is 30.2 Å². The molecule has 2 heterocycles. The minimum absolute atomic E-state index is 0.0431. The van der Waals surface area contributed by atoms with Crippen LogP contribution in [-0.2, 0) is 22.9 Å². The van der Waals surface area contributed by atoms with Crippen molar-refractivity contribution in [3.8, 4) is 0 Å². The number of nitrogens with zero attached hydrogens (tertiary/aromatic N) is 3. The van der Waals surface area contributed by atoms with E-state index in [2.05, 4.69) is 15.3 Å². The summed E-state index contributed by atoms with van der Waals surface area (Å²) in [6.07, 6.45) is 3.96. The van der Waals surface area contributed by atoms with E-state index in [0.717, 1.165) is 17.4 Å². The molecule has 0 radical (unpaired) electrons. The van der Waals surface area contributed by atoms with Crippen LogP contribution in [0.5, 0.6) is 0 Å². The Labute approximate surface area is 198 Å². The molecule has 1 amide bonds. The summed E-state index contributed by atoms with van der Waals surface area (Å²) in [5, 5.41) is 2.39. The number of carbonyl (C=O) groups excluding carboxylic acids is 1. The third-order valence-electron chi connectivity index (χ3n) is 5.09. The lowest BCUT2D eigenvalue weighted by atomic mass is 10.2. The number of nitrogens with one attached hydrogen (secondary N) is 1. The Morgan fingerprint density at radius 2 is 1.74 bits per heavy atom. The van der Waals surface area contributed by atoms with Crippen molar-refractivity contribution in [2.45, 2.75) is 25.2 Å². The molecule has 0 saturated heterocycles. The summed E-state index contributed by atoms with van der Waals surface area (Å²) in [4.78, 5) is 23.4. The second kappa shape index (κ2) is 9.88. The Kier molecular flexibility index (Phi) is 6.74. The van der Waals surface area contributed by atoms with Crippen LogP contribution < -0.4 is 10.2 Å². The Hall–Kier alpha value is -3.98. The first-order valence-electron chi connectivity index (χ1n) is 10.6. The van der Waals surface area contributed by atoms with Crippen molar-refractivity contribution in [3.05, 3.63) is 102 Å². The second-order valence-corrected chi connectivity index (χ2v) is 9.81. The monoisotopic (exact) mass is 476 g/mol. The van der Waals surface area contributed by atoms with E-state index in [4.69, 9.17) is 4.42 Å². The van der Waals surface area contributed by atoms with Gasteiger partial charge in [-0.2, -0.15) is 0 Å². The summed E-state index contributed by atoms with van der Waals surface area (Å²) in [5.74, 6) is 0.136. The van der Waals surface area contributed by atoms with Gasteiger partial charge < -0.3 is 14.6 Å². The maximum Gasteiger partial charge on any atom is 0.276 e. The lowest BCUT2D eigenvalue weighted by Crippen LogP contribution is -2.27. The molecular formula is C25H24N4O4S. The summed E-state index contributed by atoms with van der Waals surface area (Å²) in [5.41, 5.74) is 2.95. The fraction of sp³-hybridized carbons (Fsp3) is 0.160. The van der Waals surface area contributed by atoms with Gasteiger partial charge in [-0.15, -0.1) is 0 Å². The molecule has 0 bridgehead atoms. The van der Waals surface area contributed by atoms with E-state index in [1.54, 1.807) is 24.5 Å². The molecule has 2 aromatic carbocycles. The Morgan fingerprint density at radius 1 is 1.00 bits per heavy atom. The number of sulfone groups is 1. The first kappa shape index (κ1) is 23.2. The van der Waals surface area contributed by atoms with Gasteiger partial charge in [-0.3, -0.25) is 4.79 Å². The molecular weight excluding hydrogens is 452 g/mol. The molecule has 0 aliphatic heterocycles. The topological polar surface area (TPSA) is 105 Å². The van der Waals surface area contributed by atoms with Crippen molar-refractivity contribution < 1.29 is 17.6 Å². The van der Waals surface area contributed by atoms with Crippen LogP contribution in [0.2, 0.25) is 0 Å². The van der Waals surface area contributed by atoms with Crippen LogP contribution >= 0.6 is 0 Å². The molecule has 0 atom stereocenters. The molecule has 0 aliphatic rings. The number of hydrogen-bond donors (Lipinski definition) is 1. The zero-order valence-electron chi connectivity index (χ0n) is 18.8. The van der Waals surface area contributed by atoms with Crippen LogP contribution in [-0.4, -0.2) is 30.5 Å². The number of amides is 1. The highest BCUT2D eigenvalue weighted by molar-refractivity contribution is 7.90. The number of anilines is 2. The fourth-order valence-corrected chi connectivity index (χ4v) is 3.89. The van der Waals surface area contributed by atoms with Gasteiger partial charge in [0.15, 0.2) is 5.69 Å². The number of aryl methyl sites for hydroxylation is 1. The second-order valence-electron chi connectivity index (χ2n) is 7.90. The Balaban J connectivity index is 1.77. The molecule has 8 nitrogen and oxygen atoms in total. The highest BCUT2D eigenvalue weighted by atomic mass is 32.2. The van der Waals surface area contributed by atoms with Crippen LogP contribution in [0, 0.1) is 6.92 Å². The first-order chi connectivity index (χ1) is 16.3. The fourth-order valence-electron chi connectivity index (χ4n) is 3.38. The average molecular weight is 477 g/mol. The van der Waals surface area contributed by atoms with Crippen molar-refractivity contribution in [1.29, 1.82) is 0 Å². The maximum absolute atomic E-state index is 13.3. The van der Waals surface area contributed by atoms with E-state index in [-0.39, 0.29) is 5.69 Å². The van der Waals surface area contributed by atoms with Crippen LogP contribution in [0.15, 0.2) is 88.8 Å². The number of carbonyl (C=O) groups is 1. The van der Waals surface area contributed by atoms with E-state index in [1.165, 1.54) is 6.20 Å². The smallest absolute Gasteiger partial charge is 0.276 e. The van der Waals surface area contributed by atoms with Crippen LogP contribution in [0.4, 0.5) is 11.4 Å². The quantitative estimate of drug-likeness (QED) is 0.379. The van der Waals surface area contributed by atoms with Gasteiger partial charge in [0.2, 0.25) is 15.0 Å². The van der Waals surface area contributed by atoms with Gasteiger partial charge >= 0.3 is 0 Å². The largest absolute Gasteiger partial charge is 0.467 e. The predicted octanol–water partition coefficient (Wildman–Crippen LogP) is 4.24. The summed E-state index contributed by atoms with van der Waals surface area (Å²) >= 11 is 0. The third kappa shape index (κ3) is 5.68. The normalized spacial score (nSPS) is 11.2. The molecule has 9 heteroatoms. The number of aromatic nitrogens is 2. The average Bonchev–Trinajstić information content (AvgIpc) is 3.33. The Morgan fingerprint density at radius 3 is 2.38 bits per heavy atom. The van der Waals surface area contributed by atoms with Crippen LogP contribution in [0.3, 0.4) is 0 Å². The van der Waals surface area contributed by atoms with Crippen LogP contribution in [0.1, 0.15) is 27.4 Å². The van der Waals surface area contributed by atoms with Crippen molar-refractivity contribution in [1.82, 2.24) is 9.97 Å². The Bertz CT molecular complexity index is 1370. The molecule has 34 heavy (non-hydrogen) atoms. The number of hydrogen-bond acceptors (Lipinski definition) is 7. The van der Waals surface area contributed by atoms with Crippen molar-refractivity contribution in [2.24, 2.45) is 0 Å². The third-order valence-corrected chi connectivity index (χ3v) is 5.95. The van der Waals surface area contributed by atoms with Crippen LogP contribution in [0.25, 0.3) is 0 Å². The molecule has 0 fully saturated rings. The zero-order valence-corrected chi connectivity index (χ0v) is 19.6. The minimum atomic E-state index is -3.73. The van der Waals surface area contributed by atoms with Gasteiger partial charge in [-0.1, -0.05) is 48.0 Å². The standard InChI is InChI=1S/C25H24N4O4S/c1-18-10-12-20(13-11-18)27-24(30)23-22(15-26-25(28-23)34(2,31)32)29(17-21-9-6-14-33-21)16-19-7-4-3-5-8-19/h3-15H,16-17H2,1-2H3,(H,27,30). The van der Waals surface area contributed by atoms with Crippen molar-refractivity contribution >= 4 is 27.1 Å². The van der Waals surface area contributed by atoms with E-state index in [1.807, 2.05) is 60.4 Å². The lowest BCUT2D eigenvalue weighted by molar-refractivity contribution is 0.102. The van der Waals surface area contributed by atoms with Gasteiger partial charge in [0.1, 0.15) is 5.76 Å². The van der Waals surface area contributed by atoms with E-state index >= 15 is 0 Å². The van der Waals surface area contributed by atoms with E-state index < -0.39 is 20.9 Å². The molecule has 4 aromatic rings. The summed E-state index contributed by atoms with van der Waals surface area (Å²) in [6, 6.07) is 20.6. The van der Waals surface area contributed by atoms with Gasteiger partial charge in [-0.25, -0.2) is 18.4 Å². The molecule has 1 N–H and O–H groups in total. The summed E-state index contributed by atoms with van der Waals surface area (Å²) in [7, 11) is -3.73. The first-order valence-corrected chi connectivity index (χ1v) is 12.4. The molecule has 0 unspecified atom stereocenters. The van der Waals surface area contributed by atoms with Crippen molar-refractivity contribution in [3.63, 3.8) is 0 Å². The highest BCUT2D eigenvalue weighted by Crippen LogP contribution is 2.25. The minimum Gasteiger partial charge on any atom is -0.467 e. The summed E-state index contributed by atoms with van der Waals surface area (Å²) < 4.78 is 29.8. The van der Waals surface area contributed by atoms with Crippen molar-refractivity contribution in [2.75, 3.05) is 16.5 Å². The van der Waals surface area contributed by atoms with Gasteiger partial charge in [0.05, 0.1) is 24.7 Å². The zero-order chi connectivity index (χ0) is 24.1. The summed E-state index contributed by atoms with van der Waals surface area (Å²) in [6.45, 7) is 2.70. The molecule has 0 aliphatic carbocycles. The number of furan rings is 1. The number of rotatable bonds is 8. The molecule has 0 saturated carbocycles. The van der Waals surface area contributed by atoms with Gasteiger partial charge in [0, 0.05) is 18.5 Å². The van der Waals surface area contributed by atoms with Gasteiger partial charge in [0.25, 0.3) is 5.91 Å². The number of benzene rings is 2. The molecule has 0 spiro atoms. The van der Waals surface area contributed by atoms with E-state index in [9.17, 15) is 13.2 Å². The van der Waals surface area contributed by atoms with Gasteiger partial charge in [-0.05, 0) is 36.8 Å². The molecule has 4 rings (SSSR count). The highest BCUT2D eigenvalue weighted by Gasteiger charge is 2.24. The predicted molar refractivity (Wildman–Crippen MR) is 129 cm³/mol.